The van der Waals surface area contributed by atoms with Gasteiger partial charge in [0.2, 0.25) is 0 Å². The molecule has 1 heterocycles. The van der Waals surface area contributed by atoms with E-state index >= 15 is 0 Å². The van der Waals surface area contributed by atoms with Crippen LogP contribution in [0.4, 0.5) is 0 Å². The van der Waals surface area contributed by atoms with Gasteiger partial charge in [0.05, 0.1) is 6.10 Å². The first-order valence-electron chi connectivity index (χ1n) is 7.86. The number of aliphatic carboxylic acids is 1. The zero-order chi connectivity index (χ0) is 15.8. The molecule has 1 aromatic carbocycles. The van der Waals surface area contributed by atoms with Crippen LogP contribution in [0.15, 0.2) is 24.3 Å². The van der Waals surface area contributed by atoms with Crippen molar-refractivity contribution in [2.45, 2.75) is 31.8 Å². The van der Waals surface area contributed by atoms with Crippen molar-refractivity contribution in [2.75, 3.05) is 33.4 Å². The molecule has 122 valence electrons. The molecule has 0 spiro atoms. The molecule has 22 heavy (non-hydrogen) atoms. The summed E-state index contributed by atoms with van der Waals surface area (Å²) in [7, 11) is 1.78. The fraction of sp³-hybridized carbons (Fsp3) is 0.588. The van der Waals surface area contributed by atoms with Crippen LogP contribution in [0.25, 0.3) is 0 Å². The second-order valence-corrected chi connectivity index (χ2v) is 5.66. The highest BCUT2D eigenvalue weighted by Gasteiger charge is 2.18. The topological polar surface area (TPSA) is 59.0 Å². The number of rotatable bonds is 8. The smallest absolute Gasteiger partial charge is 0.303 e. The standard InChI is InChI=1S/C17H25NO4/c1-21-15-8-10-18(11-9-15)12-13-22-16-5-2-14(3-6-16)4-7-17(19)20/h2-3,5-6,15H,4,7-13H2,1H3,(H,19,20). The van der Waals surface area contributed by atoms with E-state index in [1.165, 1.54) is 0 Å². The molecule has 1 N–H and O–H groups in total. The summed E-state index contributed by atoms with van der Waals surface area (Å²) in [5, 5.41) is 8.66. The lowest BCUT2D eigenvalue weighted by atomic mass is 10.1. The molecule has 1 aliphatic rings. The average molecular weight is 307 g/mol. The van der Waals surface area contributed by atoms with Gasteiger partial charge in [0.1, 0.15) is 12.4 Å². The maximum atomic E-state index is 10.5. The SMILES string of the molecule is COC1CCN(CCOc2ccc(CCC(=O)O)cc2)CC1. The van der Waals surface area contributed by atoms with Gasteiger partial charge in [-0.05, 0) is 37.0 Å². The molecule has 1 saturated heterocycles. The highest BCUT2D eigenvalue weighted by atomic mass is 16.5. The number of hydrogen-bond acceptors (Lipinski definition) is 4. The van der Waals surface area contributed by atoms with Gasteiger partial charge >= 0.3 is 5.97 Å². The van der Waals surface area contributed by atoms with Gasteiger partial charge in [-0.25, -0.2) is 0 Å². The Morgan fingerprint density at radius 2 is 1.95 bits per heavy atom. The normalized spacial score (nSPS) is 16.6. The molecule has 2 rings (SSSR count). The summed E-state index contributed by atoms with van der Waals surface area (Å²) < 4.78 is 11.1. The average Bonchev–Trinajstić information content (AvgIpc) is 2.55. The Morgan fingerprint density at radius 1 is 1.27 bits per heavy atom. The number of hydrogen-bond donors (Lipinski definition) is 1. The van der Waals surface area contributed by atoms with Crippen molar-refractivity contribution in [1.82, 2.24) is 4.90 Å². The van der Waals surface area contributed by atoms with E-state index in [0.717, 1.165) is 43.8 Å². The van der Waals surface area contributed by atoms with Gasteiger partial charge in [-0.2, -0.15) is 0 Å². The van der Waals surface area contributed by atoms with Crippen molar-refractivity contribution in [3.63, 3.8) is 0 Å². The van der Waals surface area contributed by atoms with Crippen LogP contribution in [0.5, 0.6) is 5.75 Å². The fourth-order valence-corrected chi connectivity index (χ4v) is 2.66. The predicted octanol–water partition coefficient (Wildman–Crippen LogP) is 2.19. The monoisotopic (exact) mass is 307 g/mol. The van der Waals surface area contributed by atoms with E-state index in [9.17, 15) is 4.79 Å². The minimum Gasteiger partial charge on any atom is -0.492 e. The Labute approximate surface area is 131 Å². The van der Waals surface area contributed by atoms with Crippen LogP contribution in [-0.4, -0.2) is 55.4 Å². The number of likely N-dealkylation sites (tertiary alicyclic amines) is 1. The van der Waals surface area contributed by atoms with Crippen LogP contribution in [0, 0.1) is 0 Å². The van der Waals surface area contributed by atoms with Gasteiger partial charge in [-0.1, -0.05) is 12.1 Å². The minimum absolute atomic E-state index is 0.164. The van der Waals surface area contributed by atoms with Crippen molar-refractivity contribution in [3.8, 4) is 5.75 Å². The molecule has 0 radical (unpaired) electrons. The number of carbonyl (C=O) groups is 1. The van der Waals surface area contributed by atoms with E-state index in [2.05, 4.69) is 4.90 Å². The minimum atomic E-state index is -0.766. The second-order valence-electron chi connectivity index (χ2n) is 5.66. The summed E-state index contributed by atoms with van der Waals surface area (Å²) >= 11 is 0. The van der Waals surface area contributed by atoms with Crippen LogP contribution in [0.2, 0.25) is 0 Å². The molecule has 0 aliphatic carbocycles. The van der Waals surface area contributed by atoms with Crippen LogP contribution in [-0.2, 0) is 16.0 Å². The molecule has 0 saturated carbocycles. The third-order valence-corrected chi connectivity index (χ3v) is 4.10. The van der Waals surface area contributed by atoms with E-state index in [1.807, 2.05) is 24.3 Å². The van der Waals surface area contributed by atoms with Gasteiger partial charge in [0.15, 0.2) is 0 Å². The third kappa shape index (κ3) is 5.66. The van der Waals surface area contributed by atoms with Crippen molar-refractivity contribution in [2.24, 2.45) is 0 Å². The first-order chi connectivity index (χ1) is 10.7. The summed E-state index contributed by atoms with van der Waals surface area (Å²) in [5.74, 6) is 0.0726. The molecule has 1 aliphatic heterocycles. The summed E-state index contributed by atoms with van der Waals surface area (Å²) in [6.07, 6.45) is 3.32. The first kappa shape index (κ1) is 16.8. The molecule has 5 heteroatoms. The van der Waals surface area contributed by atoms with Crippen LogP contribution in [0.1, 0.15) is 24.8 Å². The number of carboxylic acids is 1. The zero-order valence-electron chi connectivity index (χ0n) is 13.2. The summed E-state index contributed by atoms with van der Waals surface area (Å²) in [4.78, 5) is 12.9. The van der Waals surface area contributed by atoms with E-state index in [0.29, 0.717) is 19.1 Å². The summed E-state index contributed by atoms with van der Waals surface area (Å²) in [6.45, 7) is 3.73. The predicted molar refractivity (Wildman–Crippen MR) is 84.4 cm³/mol. The van der Waals surface area contributed by atoms with Crippen molar-refractivity contribution >= 4 is 5.97 Å². The van der Waals surface area contributed by atoms with Crippen LogP contribution < -0.4 is 4.74 Å². The molecule has 0 atom stereocenters. The van der Waals surface area contributed by atoms with Gasteiger partial charge in [0.25, 0.3) is 0 Å². The maximum Gasteiger partial charge on any atom is 0.303 e. The number of nitrogens with zero attached hydrogens (tertiary/aromatic N) is 1. The molecule has 0 amide bonds. The van der Waals surface area contributed by atoms with Crippen molar-refractivity contribution in [1.29, 1.82) is 0 Å². The Morgan fingerprint density at radius 3 is 2.55 bits per heavy atom. The molecule has 1 aromatic rings. The van der Waals surface area contributed by atoms with Crippen LogP contribution in [0.3, 0.4) is 0 Å². The number of methoxy groups -OCH3 is 1. The lowest BCUT2D eigenvalue weighted by molar-refractivity contribution is -0.136. The van der Waals surface area contributed by atoms with Gasteiger partial charge in [-0.3, -0.25) is 9.69 Å². The molecule has 0 bridgehead atoms. The number of carboxylic acid groups (broad SMARTS) is 1. The first-order valence-corrected chi connectivity index (χ1v) is 7.86. The second kappa shape index (κ2) is 8.76. The Kier molecular flexibility index (Phi) is 6.68. The highest BCUT2D eigenvalue weighted by molar-refractivity contribution is 5.67. The third-order valence-electron chi connectivity index (χ3n) is 4.10. The molecule has 5 nitrogen and oxygen atoms in total. The van der Waals surface area contributed by atoms with Gasteiger partial charge in [0, 0.05) is 33.2 Å². The lowest BCUT2D eigenvalue weighted by Crippen LogP contribution is -2.38. The fourth-order valence-electron chi connectivity index (χ4n) is 2.66. The van der Waals surface area contributed by atoms with E-state index in [4.69, 9.17) is 14.6 Å². The largest absolute Gasteiger partial charge is 0.492 e. The molecular weight excluding hydrogens is 282 g/mol. The number of benzene rings is 1. The van der Waals surface area contributed by atoms with Crippen LogP contribution >= 0.6 is 0 Å². The quantitative estimate of drug-likeness (QED) is 0.798. The number of aryl methyl sites for hydroxylation is 1. The van der Waals surface area contributed by atoms with E-state index in [1.54, 1.807) is 7.11 Å². The van der Waals surface area contributed by atoms with Gasteiger partial charge < -0.3 is 14.6 Å². The lowest BCUT2D eigenvalue weighted by Gasteiger charge is -2.30. The number of piperidine rings is 1. The summed E-state index contributed by atoms with van der Waals surface area (Å²) in [5.41, 5.74) is 1.02. The maximum absolute atomic E-state index is 10.5. The zero-order valence-corrected chi connectivity index (χ0v) is 13.2. The Balaban J connectivity index is 1.65. The molecular formula is C17H25NO4. The molecule has 1 fully saturated rings. The number of ether oxygens (including phenoxy) is 2. The van der Waals surface area contributed by atoms with Crippen molar-refractivity contribution < 1.29 is 19.4 Å². The summed E-state index contributed by atoms with van der Waals surface area (Å²) in [6, 6.07) is 7.69. The Hall–Kier alpha value is -1.59. The van der Waals surface area contributed by atoms with E-state index < -0.39 is 5.97 Å². The molecule has 0 unspecified atom stereocenters. The molecule has 0 aromatic heterocycles. The van der Waals surface area contributed by atoms with Gasteiger partial charge in [-0.15, -0.1) is 0 Å². The highest BCUT2D eigenvalue weighted by Crippen LogP contribution is 2.15. The van der Waals surface area contributed by atoms with E-state index in [-0.39, 0.29) is 6.42 Å². The van der Waals surface area contributed by atoms with Crippen molar-refractivity contribution in [3.05, 3.63) is 29.8 Å². The Bertz CT molecular complexity index is 452.